The Morgan fingerprint density at radius 1 is 1.11 bits per heavy atom. The van der Waals surface area contributed by atoms with Gasteiger partial charge < -0.3 is 9.84 Å². The molecule has 0 aliphatic carbocycles. The first-order valence-corrected chi connectivity index (χ1v) is 5.63. The van der Waals surface area contributed by atoms with Gasteiger partial charge in [0, 0.05) is 5.56 Å². The molecule has 0 atom stereocenters. The van der Waals surface area contributed by atoms with E-state index < -0.39 is 0 Å². The number of hydrogen-bond acceptors (Lipinski definition) is 3. The van der Waals surface area contributed by atoms with Crippen LogP contribution in [0.5, 0.6) is 5.75 Å². The van der Waals surface area contributed by atoms with Crippen LogP contribution in [0, 0.1) is 0 Å². The Bertz CT molecular complexity index is 606. The molecule has 0 saturated carbocycles. The van der Waals surface area contributed by atoms with E-state index in [0.29, 0.717) is 11.3 Å². The second-order valence-corrected chi connectivity index (χ2v) is 3.89. The fraction of sp³-hybridized carbons (Fsp3) is 0.133. The number of methoxy groups -OCH3 is 1. The first-order chi connectivity index (χ1) is 8.76. The summed E-state index contributed by atoms with van der Waals surface area (Å²) in [5, 5.41) is 9.13. The zero-order valence-electron chi connectivity index (χ0n) is 10.1. The summed E-state index contributed by atoms with van der Waals surface area (Å²) in [7, 11) is 1.48. The van der Waals surface area contributed by atoms with Gasteiger partial charge >= 0.3 is 0 Å². The molecule has 2 aromatic carbocycles. The topological polar surface area (TPSA) is 46.5 Å². The minimum Gasteiger partial charge on any atom is -0.493 e. The molecular weight excluding hydrogens is 228 g/mol. The van der Waals surface area contributed by atoms with Crippen molar-refractivity contribution in [2.24, 2.45) is 0 Å². The average Bonchev–Trinajstić information content (AvgIpc) is 2.60. The maximum Gasteiger partial charge on any atom is 0.228 e. The maximum atomic E-state index is 12.2. The van der Waals surface area contributed by atoms with Crippen LogP contribution < -0.4 is 10.2 Å². The van der Waals surface area contributed by atoms with E-state index >= 15 is 0 Å². The standard InChI is InChI=1S/C15H14O3/c1-18-14-8-3-2-7-13(15(14)17)12-6-4-5-11(9-12)10-16/h2-9,16H,10H2,1H3. The highest BCUT2D eigenvalue weighted by Gasteiger charge is 2.06. The Morgan fingerprint density at radius 2 is 1.89 bits per heavy atom. The van der Waals surface area contributed by atoms with Crippen LogP contribution in [0.15, 0.2) is 53.3 Å². The lowest BCUT2D eigenvalue weighted by molar-refractivity contribution is 0.282. The van der Waals surface area contributed by atoms with Gasteiger partial charge in [-0.3, -0.25) is 4.79 Å². The fourth-order valence-electron chi connectivity index (χ4n) is 1.80. The first kappa shape index (κ1) is 12.3. The minimum atomic E-state index is -0.155. The number of ether oxygens (including phenoxy) is 1. The molecule has 0 spiro atoms. The predicted octanol–water partition coefficient (Wildman–Crippen LogP) is 2.21. The molecule has 0 radical (unpaired) electrons. The Hall–Kier alpha value is -2.13. The summed E-state index contributed by atoms with van der Waals surface area (Å²) < 4.78 is 5.06. The van der Waals surface area contributed by atoms with Crippen molar-refractivity contribution >= 4 is 0 Å². The van der Waals surface area contributed by atoms with E-state index in [0.717, 1.165) is 11.1 Å². The van der Waals surface area contributed by atoms with Gasteiger partial charge in [0.25, 0.3) is 0 Å². The largest absolute Gasteiger partial charge is 0.493 e. The molecule has 18 heavy (non-hydrogen) atoms. The summed E-state index contributed by atoms with van der Waals surface area (Å²) in [5.41, 5.74) is 1.96. The molecule has 0 unspecified atom stereocenters. The van der Waals surface area contributed by atoms with Crippen molar-refractivity contribution in [3.63, 3.8) is 0 Å². The van der Waals surface area contributed by atoms with Gasteiger partial charge in [0.15, 0.2) is 5.75 Å². The Morgan fingerprint density at radius 3 is 2.61 bits per heavy atom. The highest BCUT2D eigenvalue weighted by molar-refractivity contribution is 5.65. The molecule has 0 aromatic heterocycles. The predicted molar refractivity (Wildman–Crippen MR) is 70.6 cm³/mol. The summed E-state index contributed by atoms with van der Waals surface area (Å²) in [5.74, 6) is 0.310. The maximum absolute atomic E-state index is 12.2. The van der Waals surface area contributed by atoms with E-state index in [-0.39, 0.29) is 12.0 Å². The third kappa shape index (κ3) is 2.41. The highest BCUT2D eigenvalue weighted by atomic mass is 16.5. The molecule has 2 aromatic rings. The molecule has 0 amide bonds. The van der Waals surface area contributed by atoms with Gasteiger partial charge in [-0.05, 0) is 23.3 Å². The van der Waals surface area contributed by atoms with E-state index in [1.165, 1.54) is 7.11 Å². The van der Waals surface area contributed by atoms with Crippen LogP contribution in [0.2, 0.25) is 0 Å². The van der Waals surface area contributed by atoms with Crippen LogP contribution in [-0.2, 0) is 6.61 Å². The molecule has 0 fully saturated rings. The van der Waals surface area contributed by atoms with Crippen molar-refractivity contribution in [1.82, 2.24) is 0 Å². The number of benzene rings is 1. The van der Waals surface area contributed by atoms with Gasteiger partial charge in [-0.2, -0.15) is 0 Å². The van der Waals surface area contributed by atoms with Gasteiger partial charge in [-0.25, -0.2) is 0 Å². The van der Waals surface area contributed by atoms with Crippen LogP contribution in [0.1, 0.15) is 5.56 Å². The minimum absolute atomic E-state index is 0.0435. The molecule has 0 saturated heterocycles. The van der Waals surface area contributed by atoms with Crippen molar-refractivity contribution in [3.05, 3.63) is 64.3 Å². The SMILES string of the molecule is COc1ccccc(-c2cccc(CO)c2)c1=O. The van der Waals surface area contributed by atoms with Crippen molar-refractivity contribution < 1.29 is 9.84 Å². The van der Waals surface area contributed by atoms with E-state index in [2.05, 4.69) is 0 Å². The highest BCUT2D eigenvalue weighted by Crippen LogP contribution is 2.18. The number of aliphatic hydroxyl groups is 1. The molecule has 92 valence electrons. The van der Waals surface area contributed by atoms with Gasteiger partial charge in [0.05, 0.1) is 13.7 Å². The molecule has 1 N–H and O–H groups in total. The van der Waals surface area contributed by atoms with E-state index in [1.807, 2.05) is 18.2 Å². The van der Waals surface area contributed by atoms with Crippen LogP contribution in [-0.4, -0.2) is 12.2 Å². The van der Waals surface area contributed by atoms with Crippen molar-refractivity contribution in [2.75, 3.05) is 7.11 Å². The van der Waals surface area contributed by atoms with Crippen molar-refractivity contribution in [2.45, 2.75) is 6.61 Å². The van der Waals surface area contributed by atoms with Gasteiger partial charge in [0.1, 0.15) is 0 Å². The van der Waals surface area contributed by atoms with Crippen LogP contribution in [0.25, 0.3) is 11.1 Å². The molecule has 3 nitrogen and oxygen atoms in total. The second-order valence-electron chi connectivity index (χ2n) is 3.89. The van der Waals surface area contributed by atoms with Crippen molar-refractivity contribution in [1.29, 1.82) is 0 Å². The smallest absolute Gasteiger partial charge is 0.228 e. The lowest BCUT2D eigenvalue weighted by Gasteiger charge is -2.02. The zero-order valence-corrected chi connectivity index (χ0v) is 10.1. The number of rotatable bonds is 3. The third-order valence-corrected chi connectivity index (χ3v) is 2.73. The van der Waals surface area contributed by atoms with E-state index in [9.17, 15) is 4.79 Å². The molecule has 0 aliphatic rings. The summed E-state index contributed by atoms with van der Waals surface area (Å²) in [6.07, 6.45) is 0. The summed E-state index contributed by atoms with van der Waals surface area (Å²) in [6, 6.07) is 14.2. The molecule has 0 heterocycles. The molecular formula is C15H14O3. The van der Waals surface area contributed by atoms with E-state index in [4.69, 9.17) is 9.84 Å². The molecule has 2 rings (SSSR count). The Kier molecular flexibility index (Phi) is 3.75. The fourth-order valence-corrected chi connectivity index (χ4v) is 1.80. The van der Waals surface area contributed by atoms with Gasteiger partial charge in [-0.1, -0.05) is 36.4 Å². The number of aliphatic hydroxyl groups excluding tert-OH is 1. The zero-order chi connectivity index (χ0) is 13.0. The molecule has 0 aliphatic heterocycles. The average molecular weight is 242 g/mol. The van der Waals surface area contributed by atoms with Gasteiger partial charge in [-0.15, -0.1) is 0 Å². The normalized spacial score (nSPS) is 10.1. The van der Waals surface area contributed by atoms with Crippen LogP contribution >= 0.6 is 0 Å². The Balaban J connectivity index is 2.64. The van der Waals surface area contributed by atoms with E-state index in [1.54, 1.807) is 30.3 Å². The van der Waals surface area contributed by atoms with Crippen LogP contribution in [0.3, 0.4) is 0 Å². The van der Waals surface area contributed by atoms with Crippen molar-refractivity contribution in [3.8, 4) is 16.9 Å². The Labute approximate surface area is 105 Å². The quantitative estimate of drug-likeness (QED) is 0.897. The summed E-state index contributed by atoms with van der Waals surface area (Å²) >= 11 is 0. The first-order valence-electron chi connectivity index (χ1n) is 5.63. The monoisotopic (exact) mass is 242 g/mol. The van der Waals surface area contributed by atoms with Crippen LogP contribution in [0.4, 0.5) is 0 Å². The third-order valence-electron chi connectivity index (χ3n) is 2.73. The molecule has 3 heteroatoms. The summed E-state index contributed by atoms with van der Waals surface area (Å²) in [4.78, 5) is 12.2. The summed E-state index contributed by atoms with van der Waals surface area (Å²) in [6.45, 7) is -0.0435. The van der Waals surface area contributed by atoms with Gasteiger partial charge in [0.2, 0.25) is 5.43 Å². The molecule has 0 bridgehead atoms. The lowest BCUT2D eigenvalue weighted by atomic mass is 10.0. The lowest BCUT2D eigenvalue weighted by Crippen LogP contribution is -2.05. The number of hydrogen-bond donors (Lipinski definition) is 1. The second kappa shape index (κ2) is 5.47.